The summed E-state index contributed by atoms with van der Waals surface area (Å²) in [5.41, 5.74) is 0.136. The second kappa shape index (κ2) is 5.34. The summed E-state index contributed by atoms with van der Waals surface area (Å²) in [7, 11) is 0. The zero-order chi connectivity index (χ0) is 13.5. The van der Waals surface area contributed by atoms with Gasteiger partial charge in [-0.15, -0.1) is 0 Å². The van der Waals surface area contributed by atoms with E-state index in [0.29, 0.717) is 5.92 Å². The standard InChI is InChI=1S/C16H30N2O/c1-16(2)7-6-13(15(16)19)11-17-9-10-18-8-4-3-5-14(18)12-17/h13-15,19H,3-12H2,1-2H3. The van der Waals surface area contributed by atoms with E-state index in [1.54, 1.807) is 0 Å². The largest absolute Gasteiger partial charge is 0.392 e. The molecule has 3 aliphatic rings. The van der Waals surface area contributed by atoms with Gasteiger partial charge in [0.2, 0.25) is 0 Å². The Balaban J connectivity index is 1.54. The van der Waals surface area contributed by atoms with Gasteiger partial charge in [-0.25, -0.2) is 0 Å². The third kappa shape index (κ3) is 2.84. The van der Waals surface area contributed by atoms with E-state index in [4.69, 9.17) is 0 Å². The quantitative estimate of drug-likeness (QED) is 0.827. The fourth-order valence-corrected chi connectivity index (χ4v) is 4.41. The fourth-order valence-electron chi connectivity index (χ4n) is 4.41. The van der Waals surface area contributed by atoms with Crippen LogP contribution in [-0.2, 0) is 0 Å². The zero-order valence-corrected chi connectivity index (χ0v) is 12.6. The number of piperidine rings is 1. The number of nitrogens with zero attached hydrogens (tertiary/aromatic N) is 2. The van der Waals surface area contributed by atoms with Gasteiger partial charge in [0.25, 0.3) is 0 Å². The van der Waals surface area contributed by atoms with Crippen LogP contribution in [0.5, 0.6) is 0 Å². The number of rotatable bonds is 2. The molecule has 3 fully saturated rings. The Bertz CT molecular complexity index is 318. The molecule has 0 aromatic carbocycles. The van der Waals surface area contributed by atoms with E-state index in [1.807, 2.05) is 0 Å². The molecule has 0 bridgehead atoms. The van der Waals surface area contributed by atoms with Gasteiger partial charge in [0.05, 0.1) is 6.10 Å². The van der Waals surface area contributed by atoms with Crippen molar-refractivity contribution in [3.63, 3.8) is 0 Å². The predicted molar refractivity (Wildman–Crippen MR) is 78.2 cm³/mol. The number of piperazine rings is 1. The zero-order valence-electron chi connectivity index (χ0n) is 12.6. The van der Waals surface area contributed by atoms with Crippen LogP contribution in [0.3, 0.4) is 0 Å². The first-order chi connectivity index (χ1) is 9.06. The highest BCUT2D eigenvalue weighted by Gasteiger charge is 2.41. The average molecular weight is 266 g/mol. The van der Waals surface area contributed by atoms with Crippen molar-refractivity contribution in [2.24, 2.45) is 11.3 Å². The van der Waals surface area contributed by atoms with Gasteiger partial charge in [0.15, 0.2) is 0 Å². The first kappa shape index (κ1) is 13.8. The molecule has 19 heavy (non-hydrogen) atoms. The molecule has 0 radical (unpaired) electrons. The predicted octanol–water partition coefficient (Wildman–Crippen LogP) is 1.95. The van der Waals surface area contributed by atoms with Gasteiger partial charge >= 0.3 is 0 Å². The van der Waals surface area contributed by atoms with Crippen LogP contribution in [0.15, 0.2) is 0 Å². The van der Waals surface area contributed by atoms with E-state index in [9.17, 15) is 5.11 Å². The summed E-state index contributed by atoms with van der Waals surface area (Å²) in [5, 5.41) is 10.4. The lowest BCUT2D eigenvalue weighted by Crippen LogP contribution is -2.55. The number of aliphatic hydroxyl groups is 1. The molecular weight excluding hydrogens is 236 g/mol. The Morgan fingerprint density at radius 3 is 2.68 bits per heavy atom. The maximum absolute atomic E-state index is 10.4. The van der Waals surface area contributed by atoms with Crippen LogP contribution >= 0.6 is 0 Å². The van der Waals surface area contributed by atoms with Crippen LogP contribution < -0.4 is 0 Å². The van der Waals surface area contributed by atoms with E-state index in [1.165, 1.54) is 58.3 Å². The van der Waals surface area contributed by atoms with Gasteiger partial charge in [-0.1, -0.05) is 20.3 Å². The molecule has 1 N–H and O–H groups in total. The van der Waals surface area contributed by atoms with E-state index in [0.717, 1.165) is 12.6 Å². The van der Waals surface area contributed by atoms with Crippen LogP contribution in [0.2, 0.25) is 0 Å². The van der Waals surface area contributed by atoms with Crippen molar-refractivity contribution < 1.29 is 5.11 Å². The van der Waals surface area contributed by atoms with Gasteiger partial charge in [0.1, 0.15) is 0 Å². The molecule has 3 heteroatoms. The summed E-state index contributed by atoms with van der Waals surface area (Å²) in [5.74, 6) is 0.505. The van der Waals surface area contributed by atoms with Gasteiger partial charge in [-0.2, -0.15) is 0 Å². The van der Waals surface area contributed by atoms with Crippen molar-refractivity contribution >= 4 is 0 Å². The molecular formula is C16H30N2O. The summed E-state index contributed by atoms with van der Waals surface area (Å²) in [6.45, 7) is 10.6. The fraction of sp³-hybridized carbons (Fsp3) is 1.00. The van der Waals surface area contributed by atoms with Crippen molar-refractivity contribution in [3.05, 3.63) is 0 Å². The molecule has 0 amide bonds. The van der Waals surface area contributed by atoms with Crippen molar-refractivity contribution in [1.29, 1.82) is 0 Å². The molecule has 0 aromatic rings. The van der Waals surface area contributed by atoms with Crippen molar-refractivity contribution in [3.8, 4) is 0 Å². The second-order valence-corrected chi connectivity index (χ2v) is 7.68. The van der Waals surface area contributed by atoms with E-state index in [2.05, 4.69) is 23.6 Å². The maximum Gasteiger partial charge on any atom is 0.0631 e. The van der Waals surface area contributed by atoms with Gasteiger partial charge in [-0.05, 0) is 43.6 Å². The van der Waals surface area contributed by atoms with Gasteiger partial charge < -0.3 is 10.0 Å². The lowest BCUT2D eigenvalue weighted by atomic mass is 9.87. The molecule has 3 nitrogen and oxygen atoms in total. The van der Waals surface area contributed by atoms with Crippen molar-refractivity contribution in [2.45, 2.75) is 58.1 Å². The topological polar surface area (TPSA) is 26.7 Å². The Labute approximate surface area is 118 Å². The van der Waals surface area contributed by atoms with Crippen LogP contribution in [0.25, 0.3) is 0 Å². The summed E-state index contributed by atoms with van der Waals surface area (Å²) >= 11 is 0. The number of fused-ring (bicyclic) bond motifs is 1. The highest BCUT2D eigenvalue weighted by atomic mass is 16.3. The SMILES string of the molecule is CC1(C)CCC(CN2CCN3CCCCC3C2)C1O. The molecule has 2 saturated heterocycles. The minimum atomic E-state index is -0.100. The molecule has 110 valence electrons. The van der Waals surface area contributed by atoms with Crippen molar-refractivity contribution in [2.75, 3.05) is 32.7 Å². The Kier molecular flexibility index (Phi) is 3.89. The lowest BCUT2D eigenvalue weighted by Gasteiger charge is -2.45. The minimum Gasteiger partial charge on any atom is -0.392 e. The molecule has 1 aliphatic carbocycles. The van der Waals surface area contributed by atoms with Crippen molar-refractivity contribution in [1.82, 2.24) is 9.80 Å². The van der Waals surface area contributed by atoms with E-state index in [-0.39, 0.29) is 11.5 Å². The van der Waals surface area contributed by atoms with Crippen LogP contribution in [-0.4, -0.2) is 59.8 Å². The molecule has 3 rings (SSSR count). The third-order valence-corrected chi connectivity index (χ3v) is 5.82. The molecule has 2 aliphatic heterocycles. The van der Waals surface area contributed by atoms with Crippen LogP contribution in [0, 0.1) is 11.3 Å². The summed E-state index contributed by atoms with van der Waals surface area (Å²) in [6, 6.07) is 0.800. The monoisotopic (exact) mass is 266 g/mol. The first-order valence-corrected chi connectivity index (χ1v) is 8.21. The summed E-state index contributed by atoms with van der Waals surface area (Å²) < 4.78 is 0. The third-order valence-electron chi connectivity index (χ3n) is 5.82. The Hall–Kier alpha value is -0.120. The molecule has 0 aromatic heterocycles. The molecule has 0 spiro atoms. The number of hydrogen-bond acceptors (Lipinski definition) is 3. The molecule has 2 heterocycles. The van der Waals surface area contributed by atoms with Gasteiger partial charge in [0, 0.05) is 32.2 Å². The van der Waals surface area contributed by atoms with E-state index < -0.39 is 0 Å². The van der Waals surface area contributed by atoms with Gasteiger partial charge in [-0.3, -0.25) is 4.90 Å². The lowest BCUT2D eigenvalue weighted by molar-refractivity contribution is 0.00633. The van der Waals surface area contributed by atoms with Crippen LogP contribution in [0.1, 0.15) is 46.0 Å². The highest BCUT2D eigenvalue weighted by molar-refractivity contribution is 4.94. The number of aliphatic hydroxyl groups excluding tert-OH is 1. The first-order valence-electron chi connectivity index (χ1n) is 8.21. The van der Waals surface area contributed by atoms with Crippen LogP contribution in [0.4, 0.5) is 0 Å². The summed E-state index contributed by atoms with van der Waals surface area (Å²) in [4.78, 5) is 5.32. The normalized spacial score (nSPS) is 40.3. The average Bonchev–Trinajstić information content (AvgIpc) is 2.66. The minimum absolute atomic E-state index is 0.100. The highest BCUT2D eigenvalue weighted by Crippen LogP contribution is 2.41. The van der Waals surface area contributed by atoms with E-state index >= 15 is 0 Å². The Morgan fingerprint density at radius 2 is 1.95 bits per heavy atom. The second-order valence-electron chi connectivity index (χ2n) is 7.68. The molecule has 3 atom stereocenters. The smallest absolute Gasteiger partial charge is 0.0631 e. The molecule has 3 unspecified atom stereocenters. The molecule has 1 saturated carbocycles. The maximum atomic E-state index is 10.4. The Morgan fingerprint density at radius 1 is 1.11 bits per heavy atom. The number of hydrogen-bond donors (Lipinski definition) is 1. The summed E-state index contributed by atoms with van der Waals surface area (Å²) in [6.07, 6.45) is 6.48.